The molecule has 5 nitrogen and oxygen atoms in total. The summed E-state index contributed by atoms with van der Waals surface area (Å²) in [5.41, 5.74) is 4.07. The molecule has 0 saturated carbocycles. The molecule has 0 aliphatic carbocycles. The number of nitrogens with one attached hydrogen (secondary N) is 1. The van der Waals surface area contributed by atoms with Crippen LogP contribution in [0.25, 0.3) is 11.3 Å². The maximum atomic E-state index is 12.4. The molecule has 0 saturated heterocycles. The van der Waals surface area contributed by atoms with E-state index in [9.17, 15) is 9.59 Å². The Hall–Kier alpha value is -2.73. The van der Waals surface area contributed by atoms with E-state index in [0.717, 1.165) is 17.7 Å². The molecule has 1 aromatic carbocycles. The van der Waals surface area contributed by atoms with Crippen LogP contribution in [0.4, 0.5) is 5.13 Å². The summed E-state index contributed by atoms with van der Waals surface area (Å²) >= 11 is 1.38. The Morgan fingerprint density at radius 3 is 2.56 bits per heavy atom. The van der Waals surface area contributed by atoms with E-state index in [1.807, 2.05) is 17.5 Å². The summed E-state index contributed by atoms with van der Waals surface area (Å²) in [7, 11) is 1.74. The molecule has 0 aliphatic rings. The zero-order valence-corrected chi connectivity index (χ0v) is 15.2. The molecule has 0 unspecified atom stereocenters. The lowest BCUT2D eigenvalue weighted by atomic mass is 10.1. The summed E-state index contributed by atoms with van der Waals surface area (Å²) in [5, 5.41) is 5.25. The van der Waals surface area contributed by atoms with Crippen molar-refractivity contribution in [1.82, 2.24) is 9.55 Å². The minimum atomic E-state index is -0.280. The van der Waals surface area contributed by atoms with Gasteiger partial charge in [0.2, 0.25) is 0 Å². The van der Waals surface area contributed by atoms with Gasteiger partial charge in [0.05, 0.1) is 5.69 Å². The average molecular weight is 353 g/mol. The number of carbonyl (C=O) groups excluding carboxylic acids is 2. The summed E-state index contributed by atoms with van der Waals surface area (Å²) in [6.07, 6.45) is 2.65. The van der Waals surface area contributed by atoms with Crippen LogP contribution in [0.1, 0.15) is 40.3 Å². The number of benzene rings is 1. The molecule has 6 heteroatoms. The van der Waals surface area contributed by atoms with Gasteiger partial charge in [0, 0.05) is 29.8 Å². The normalized spacial score (nSPS) is 10.7. The van der Waals surface area contributed by atoms with Gasteiger partial charge in [-0.25, -0.2) is 4.98 Å². The molecular weight excluding hydrogens is 334 g/mol. The molecular formula is C19H19N3O2S. The molecule has 2 aromatic heterocycles. The van der Waals surface area contributed by atoms with Crippen molar-refractivity contribution in [2.45, 2.75) is 20.3 Å². The second-order valence-electron chi connectivity index (χ2n) is 5.82. The van der Waals surface area contributed by atoms with Crippen molar-refractivity contribution >= 4 is 28.2 Å². The smallest absolute Gasteiger partial charge is 0.274 e. The third-order valence-electron chi connectivity index (χ3n) is 4.03. The van der Waals surface area contributed by atoms with E-state index in [1.54, 1.807) is 23.9 Å². The highest BCUT2D eigenvalue weighted by molar-refractivity contribution is 7.14. The highest BCUT2D eigenvalue weighted by atomic mass is 32.1. The number of thiazole rings is 1. The van der Waals surface area contributed by atoms with Crippen molar-refractivity contribution in [3.63, 3.8) is 0 Å². The van der Waals surface area contributed by atoms with Crippen LogP contribution in [0.15, 0.2) is 41.9 Å². The number of amides is 1. The van der Waals surface area contributed by atoms with Crippen LogP contribution in [0.3, 0.4) is 0 Å². The standard InChI is InChI=1S/C19H19N3O2S/c1-4-13-5-7-14(8-6-13)16-11-25-19(20-16)21-18(24)17-9-15(12(2)23)10-22(17)3/h5-11H,4H2,1-3H3,(H,20,21,24). The van der Waals surface area contributed by atoms with Crippen LogP contribution in [-0.4, -0.2) is 21.2 Å². The Balaban J connectivity index is 1.76. The van der Waals surface area contributed by atoms with Gasteiger partial charge in [-0.2, -0.15) is 0 Å². The summed E-state index contributed by atoms with van der Waals surface area (Å²) in [4.78, 5) is 28.3. The van der Waals surface area contributed by atoms with E-state index in [4.69, 9.17) is 0 Å². The topological polar surface area (TPSA) is 64.0 Å². The van der Waals surface area contributed by atoms with Gasteiger partial charge in [0.25, 0.3) is 5.91 Å². The third-order valence-corrected chi connectivity index (χ3v) is 4.78. The molecule has 1 amide bonds. The van der Waals surface area contributed by atoms with E-state index in [-0.39, 0.29) is 11.7 Å². The van der Waals surface area contributed by atoms with Crippen LogP contribution in [-0.2, 0) is 13.5 Å². The number of Topliss-reactive ketones (excluding diaryl/α,β-unsaturated/α-hetero) is 1. The number of aryl methyl sites for hydroxylation is 2. The molecule has 0 spiro atoms. The van der Waals surface area contributed by atoms with Crippen molar-refractivity contribution in [3.8, 4) is 11.3 Å². The van der Waals surface area contributed by atoms with Crippen LogP contribution >= 0.6 is 11.3 Å². The van der Waals surface area contributed by atoms with Gasteiger partial charge in [-0.15, -0.1) is 11.3 Å². The number of aromatic nitrogens is 2. The Labute approximate surface area is 150 Å². The largest absolute Gasteiger partial charge is 0.346 e. The predicted molar refractivity (Wildman–Crippen MR) is 100 cm³/mol. The monoisotopic (exact) mass is 353 g/mol. The van der Waals surface area contributed by atoms with Gasteiger partial charge in [-0.1, -0.05) is 31.2 Å². The zero-order chi connectivity index (χ0) is 18.0. The van der Waals surface area contributed by atoms with Gasteiger partial charge in [-0.05, 0) is 25.0 Å². The Morgan fingerprint density at radius 2 is 1.96 bits per heavy atom. The van der Waals surface area contributed by atoms with Crippen LogP contribution < -0.4 is 5.32 Å². The molecule has 1 N–H and O–H groups in total. The van der Waals surface area contributed by atoms with Crippen molar-refractivity contribution in [3.05, 3.63) is 58.7 Å². The van der Waals surface area contributed by atoms with Gasteiger partial charge >= 0.3 is 0 Å². The van der Waals surface area contributed by atoms with Gasteiger partial charge < -0.3 is 4.57 Å². The second-order valence-corrected chi connectivity index (χ2v) is 6.68. The number of ketones is 1. The minimum absolute atomic E-state index is 0.0679. The van der Waals surface area contributed by atoms with Crippen LogP contribution in [0.2, 0.25) is 0 Å². The lowest BCUT2D eigenvalue weighted by Gasteiger charge is -2.02. The molecule has 2 heterocycles. The molecule has 0 radical (unpaired) electrons. The zero-order valence-electron chi connectivity index (χ0n) is 14.4. The van der Waals surface area contributed by atoms with E-state index in [2.05, 4.69) is 29.4 Å². The first-order valence-corrected chi connectivity index (χ1v) is 8.89. The molecule has 128 valence electrons. The Bertz CT molecular complexity index is 923. The minimum Gasteiger partial charge on any atom is -0.346 e. The predicted octanol–water partition coefficient (Wildman–Crippen LogP) is 4.17. The molecule has 0 atom stereocenters. The molecule has 0 fully saturated rings. The number of rotatable bonds is 5. The fourth-order valence-electron chi connectivity index (χ4n) is 2.52. The Kier molecular flexibility index (Phi) is 4.81. The van der Waals surface area contributed by atoms with Gasteiger partial charge in [-0.3, -0.25) is 14.9 Å². The van der Waals surface area contributed by atoms with Crippen molar-refractivity contribution in [1.29, 1.82) is 0 Å². The summed E-state index contributed by atoms with van der Waals surface area (Å²) in [5.74, 6) is -0.348. The first-order chi connectivity index (χ1) is 12.0. The summed E-state index contributed by atoms with van der Waals surface area (Å²) in [6, 6.07) is 9.84. The fourth-order valence-corrected chi connectivity index (χ4v) is 3.23. The van der Waals surface area contributed by atoms with Crippen molar-refractivity contribution in [2.24, 2.45) is 7.05 Å². The lowest BCUT2D eigenvalue weighted by molar-refractivity contribution is 0.101. The molecule has 3 rings (SSSR count). The third kappa shape index (κ3) is 3.69. The fraction of sp³-hybridized carbons (Fsp3) is 0.211. The van der Waals surface area contributed by atoms with Crippen LogP contribution in [0.5, 0.6) is 0 Å². The van der Waals surface area contributed by atoms with E-state index < -0.39 is 0 Å². The number of anilines is 1. The highest BCUT2D eigenvalue weighted by Gasteiger charge is 2.15. The molecule has 0 aliphatic heterocycles. The first kappa shape index (κ1) is 17.1. The van der Waals surface area contributed by atoms with E-state index in [0.29, 0.717) is 16.4 Å². The maximum absolute atomic E-state index is 12.4. The molecule has 3 aromatic rings. The lowest BCUT2D eigenvalue weighted by Crippen LogP contribution is -2.15. The van der Waals surface area contributed by atoms with Crippen molar-refractivity contribution < 1.29 is 9.59 Å². The van der Waals surface area contributed by atoms with Crippen molar-refractivity contribution in [2.75, 3.05) is 5.32 Å². The van der Waals surface area contributed by atoms with E-state index >= 15 is 0 Å². The maximum Gasteiger partial charge on any atom is 0.274 e. The summed E-state index contributed by atoms with van der Waals surface area (Å²) < 4.78 is 1.64. The number of hydrogen-bond donors (Lipinski definition) is 1. The first-order valence-electron chi connectivity index (χ1n) is 8.01. The quantitative estimate of drug-likeness (QED) is 0.700. The number of hydrogen-bond acceptors (Lipinski definition) is 4. The van der Waals surface area contributed by atoms with Gasteiger partial charge in [0.1, 0.15) is 5.69 Å². The number of carbonyl (C=O) groups is 2. The SMILES string of the molecule is CCc1ccc(-c2csc(NC(=O)c3cc(C(C)=O)cn3C)n2)cc1. The van der Waals surface area contributed by atoms with Crippen LogP contribution in [0, 0.1) is 0 Å². The highest BCUT2D eigenvalue weighted by Crippen LogP contribution is 2.25. The molecule has 0 bridgehead atoms. The average Bonchev–Trinajstić information content (AvgIpc) is 3.21. The van der Waals surface area contributed by atoms with Gasteiger partial charge in [0.15, 0.2) is 10.9 Å². The second kappa shape index (κ2) is 7.03. The Morgan fingerprint density at radius 1 is 1.24 bits per heavy atom. The summed E-state index contributed by atoms with van der Waals surface area (Å²) in [6.45, 7) is 3.60. The number of nitrogens with zero attached hydrogens (tertiary/aromatic N) is 2. The van der Waals surface area contributed by atoms with E-state index in [1.165, 1.54) is 23.8 Å². The molecule has 25 heavy (non-hydrogen) atoms.